The molecule has 1 heterocycles. The van der Waals surface area contributed by atoms with Crippen LogP contribution in [0, 0.1) is 17.0 Å². The number of rotatable bonds is 5. The molecular weight excluding hydrogens is 370 g/mol. The molecule has 0 fully saturated rings. The summed E-state index contributed by atoms with van der Waals surface area (Å²) in [6, 6.07) is 7.60. The van der Waals surface area contributed by atoms with Gasteiger partial charge in [0.25, 0.3) is 5.91 Å². The molecule has 0 aliphatic carbocycles. The van der Waals surface area contributed by atoms with Crippen molar-refractivity contribution < 1.29 is 18.9 Å². The first-order valence-corrected chi connectivity index (χ1v) is 7.24. The molecule has 0 saturated heterocycles. The van der Waals surface area contributed by atoms with Gasteiger partial charge in [0.05, 0.1) is 12.6 Å². The number of hydrogen-bond acceptors (Lipinski definition) is 5. The Morgan fingerprint density at radius 1 is 1.30 bits per heavy atom. The van der Waals surface area contributed by atoms with Crippen LogP contribution >= 0.6 is 15.9 Å². The zero-order valence-electron chi connectivity index (χ0n) is 12.0. The Bertz CT molecular complexity index is 772. The van der Waals surface area contributed by atoms with Crippen LogP contribution < -0.4 is 10.6 Å². The van der Waals surface area contributed by atoms with E-state index in [2.05, 4.69) is 26.6 Å². The fourth-order valence-electron chi connectivity index (χ4n) is 1.76. The number of anilines is 1. The van der Waals surface area contributed by atoms with Crippen molar-refractivity contribution >= 4 is 39.3 Å². The number of nitrogens with zero attached hydrogens (tertiary/aromatic N) is 1. The number of nitro groups is 1. The van der Waals surface area contributed by atoms with Crippen LogP contribution in [0.4, 0.5) is 11.6 Å². The molecule has 0 spiro atoms. The fraction of sp³-hybridized carbons (Fsp3) is 0.143. The molecule has 0 unspecified atom stereocenters. The maximum Gasteiger partial charge on any atom is 0.433 e. The van der Waals surface area contributed by atoms with Crippen LogP contribution in [-0.2, 0) is 4.79 Å². The van der Waals surface area contributed by atoms with Gasteiger partial charge in [-0.05, 0) is 36.8 Å². The van der Waals surface area contributed by atoms with Gasteiger partial charge in [0.2, 0.25) is 5.91 Å². The third kappa shape index (κ3) is 4.39. The number of benzene rings is 1. The lowest BCUT2D eigenvalue weighted by atomic mass is 10.2. The summed E-state index contributed by atoms with van der Waals surface area (Å²) in [6.45, 7) is 1.55. The lowest BCUT2D eigenvalue weighted by Crippen LogP contribution is -2.32. The normalized spacial score (nSPS) is 10.2. The second-order valence-corrected chi connectivity index (χ2v) is 5.50. The second kappa shape index (κ2) is 7.05. The van der Waals surface area contributed by atoms with Crippen molar-refractivity contribution in [2.75, 3.05) is 11.9 Å². The molecule has 0 saturated carbocycles. The quantitative estimate of drug-likeness (QED) is 0.610. The van der Waals surface area contributed by atoms with E-state index in [9.17, 15) is 19.7 Å². The van der Waals surface area contributed by atoms with Gasteiger partial charge in [0.15, 0.2) is 5.76 Å². The fourth-order valence-corrected chi connectivity index (χ4v) is 2.23. The summed E-state index contributed by atoms with van der Waals surface area (Å²) in [7, 11) is 0. The lowest BCUT2D eigenvalue weighted by Gasteiger charge is -2.09. The highest BCUT2D eigenvalue weighted by molar-refractivity contribution is 9.10. The number of amides is 2. The minimum Gasteiger partial charge on any atom is -0.395 e. The van der Waals surface area contributed by atoms with E-state index in [1.807, 2.05) is 13.0 Å². The van der Waals surface area contributed by atoms with Gasteiger partial charge >= 0.3 is 5.88 Å². The number of aryl methyl sites for hydroxylation is 1. The minimum atomic E-state index is -0.750. The predicted molar refractivity (Wildman–Crippen MR) is 85.2 cm³/mol. The number of carbonyl (C=O) groups is 2. The van der Waals surface area contributed by atoms with Gasteiger partial charge in [-0.15, -0.1) is 0 Å². The van der Waals surface area contributed by atoms with Crippen LogP contribution in [0.5, 0.6) is 0 Å². The van der Waals surface area contributed by atoms with Crippen molar-refractivity contribution in [1.82, 2.24) is 5.32 Å². The Labute approximate surface area is 139 Å². The number of nitrogens with one attached hydrogen (secondary N) is 2. The van der Waals surface area contributed by atoms with E-state index in [0.29, 0.717) is 5.69 Å². The Hall–Kier alpha value is -2.68. The smallest absolute Gasteiger partial charge is 0.395 e. The second-order valence-electron chi connectivity index (χ2n) is 4.59. The topological polar surface area (TPSA) is 114 Å². The summed E-state index contributed by atoms with van der Waals surface area (Å²) in [5, 5.41) is 15.5. The maximum atomic E-state index is 11.8. The summed E-state index contributed by atoms with van der Waals surface area (Å²) in [4.78, 5) is 33.3. The van der Waals surface area contributed by atoms with Gasteiger partial charge in [-0.25, -0.2) is 0 Å². The third-order valence-electron chi connectivity index (χ3n) is 2.87. The molecule has 8 nitrogen and oxygen atoms in total. The van der Waals surface area contributed by atoms with Crippen molar-refractivity contribution in [3.05, 3.63) is 56.2 Å². The first-order chi connectivity index (χ1) is 10.9. The molecule has 2 N–H and O–H groups in total. The van der Waals surface area contributed by atoms with Crippen LogP contribution in [0.2, 0.25) is 0 Å². The van der Waals surface area contributed by atoms with Crippen molar-refractivity contribution in [2.45, 2.75) is 6.92 Å². The van der Waals surface area contributed by atoms with Gasteiger partial charge < -0.3 is 15.1 Å². The summed E-state index contributed by atoms with van der Waals surface area (Å²) in [6.07, 6.45) is 0. The zero-order chi connectivity index (χ0) is 17.0. The highest BCUT2D eigenvalue weighted by Gasteiger charge is 2.17. The van der Waals surface area contributed by atoms with Crippen molar-refractivity contribution in [1.29, 1.82) is 0 Å². The maximum absolute atomic E-state index is 11.8. The highest BCUT2D eigenvalue weighted by atomic mass is 79.9. The highest BCUT2D eigenvalue weighted by Crippen LogP contribution is 2.20. The molecule has 0 radical (unpaired) electrons. The SMILES string of the molecule is Cc1cc(Br)ccc1NC(=O)CNC(=O)c1ccc([N+](=O)[O-])o1. The zero-order valence-corrected chi connectivity index (χ0v) is 13.5. The van der Waals surface area contributed by atoms with Crippen molar-refractivity contribution in [3.8, 4) is 0 Å². The third-order valence-corrected chi connectivity index (χ3v) is 3.36. The summed E-state index contributed by atoms with van der Waals surface area (Å²) >= 11 is 3.32. The van der Waals surface area contributed by atoms with Crippen molar-refractivity contribution in [2.24, 2.45) is 0 Å². The summed E-state index contributed by atoms with van der Waals surface area (Å²) in [5.41, 5.74) is 1.49. The first-order valence-electron chi connectivity index (χ1n) is 6.45. The lowest BCUT2D eigenvalue weighted by molar-refractivity contribution is -0.402. The molecule has 1 aromatic heterocycles. The van der Waals surface area contributed by atoms with E-state index >= 15 is 0 Å². The van der Waals surface area contributed by atoms with Crippen LogP contribution in [-0.4, -0.2) is 23.3 Å². The number of furan rings is 1. The minimum absolute atomic E-state index is 0.232. The number of carbonyl (C=O) groups excluding carboxylic acids is 2. The molecule has 9 heteroatoms. The number of hydrogen-bond donors (Lipinski definition) is 2. The molecule has 23 heavy (non-hydrogen) atoms. The molecule has 0 bridgehead atoms. The van der Waals surface area contributed by atoms with E-state index in [1.54, 1.807) is 12.1 Å². The molecule has 2 amide bonds. The molecule has 0 atom stereocenters. The van der Waals surface area contributed by atoms with E-state index in [4.69, 9.17) is 4.42 Å². The van der Waals surface area contributed by atoms with Gasteiger partial charge in [-0.2, -0.15) is 0 Å². The average Bonchev–Trinajstić information content (AvgIpc) is 2.98. The molecule has 2 rings (SSSR count). The van der Waals surface area contributed by atoms with E-state index in [-0.39, 0.29) is 12.3 Å². The van der Waals surface area contributed by atoms with Gasteiger partial charge in [-0.1, -0.05) is 15.9 Å². The van der Waals surface area contributed by atoms with Crippen LogP contribution in [0.1, 0.15) is 16.1 Å². The van der Waals surface area contributed by atoms with Gasteiger partial charge in [0.1, 0.15) is 4.92 Å². The van der Waals surface area contributed by atoms with E-state index in [0.717, 1.165) is 16.1 Å². The Balaban J connectivity index is 1.90. The van der Waals surface area contributed by atoms with Crippen LogP contribution in [0.3, 0.4) is 0 Å². The standard InChI is InChI=1S/C14H12BrN3O5/c1-8-6-9(15)2-3-10(8)17-12(19)7-16-14(20)11-4-5-13(23-11)18(21)22/h2-6H,7H2,1H3,(H,16,20)(H,17,19). The van der Waals surface area contributed by atoms with Crippen LogP contribution in [0.25, 0.3) is 0 Å². The molecular formula is C14H12BrN3O5. The van der Waals surface area contributed by atoms with Gasteiger partial charge in [-0.3, -0.25) is 19.7 Å². The number of halogens is 1. The van der Waals surface area contributed by atoms with Crippen LogP contribution in [0.15, 0.2) is 39.2 Å². The van der Waals surface area contributed by atoms with E-state index in [1.165, 1.54) is 6.07 Å². The Morgan fingerprint density at radius 2 is 2.04 bits per heavy atom. The molecule has 120 valence electrons. The molecule has 0 aliphatic rings. The molecule has 0 aliphatic heterocycles. The predicted octanol–water partition coefficient (Wildman–Crippen LogP) is 2.63. The Kier molecular flexibility index (Phi) is 5.12. The Morgan fingerprint density at radius 3 is 2.65 bits per heavy atom. The van der Waals surface area contributed by atoms with E-state index < -0.39 is 22.6 Å². The summed E-state index contributed by atoms with van der Waals surface area (Å²) in [5.74, 6) is -1.90. The average molecular weight is 382 g/mol. The molecule has 1 aromatic carbocycles. The van der Waals surface area contributed by atoms with Crippen molar-refractivity contribution in [3.63, 3.8) is 0 Å². The molecule has 2 aromatic rings. The largest absolute Gasteiger partial charge is 0.433 e. The first kappa shape index (κ1) is 16.7. The summed E-state index contributed by atoms with van der Waals surface area (Å²) < 4.78 is 5.63. The van der Waals surface area contributed by atoms with Gasteiger partial charge in [0, 0.05) is 10.2 Å². The monoisotopic (exact) mass is 381 g/mol.